The minimum Gasteiger partial charge on any atom is -0.355 e. The minimum atomic E-state index is 0.177. The maximum absolute atomic E-state index is 11.1. The van der Waals surface area contributed by atoms with Crippen molar-refractivity contribution in [3.05, 3.63) is 35.9 Å². The molecule has 0 bridgehead atoms. The highest BCUT2D eigenvalue weighted by Gasteiger charge is 2.20. The standard InChI is InChI=1S/C14H20N2O/c1-2-13(11-6-4-3-5-7-11)16-12-8-9-14(17)15-10-12/h3-7,12-13,16H,2,8-10H2,1H3,(H,15,17). The molecule has 3 nitrogen and oxygen atoms in total. The van der Waals surface area contributed by atoms with E-state index in [4.69, 9.17) is 0 Å². The lowest BCUT2D eigenvalue weighted by atomic mass is 10.0. The third-order valence-corrected chi connectivity index (χ3v) is 3.31. The molecular formula is C14H20N2O. The average Bonchev–Trinajstić information content (AvgIpc) is 2.39. The molecule has 2 N–H and O–H groups in total. The topological polar surface area (TPSA) is 41.1 Å². The molecule has 17 heavy (non-hydrogen) atoms. The van der Waals surface area contributed by atoms with E-state index in [2.05, 4.69) is 41.8 Å². The number of hydrogen-bond acceptors (Lipinski definition) is 2. The first-order valence-corrected chi connectivity index (χ1v) is 6.37. The van der Waals surface area contributed by atoms with Crippen LogP contribution in [0.3, 0.4) is 0 Å². The lowest BCUT2D eigenvalue weighted by molar-refractivity contribution is -0.122. The highest BCUT2D eigenvalue weighted by atomic mass is 16.1. The molecule has 1 aliphatic heterocycles. The van der Waals surface area contributed by atoms with Crippen molar-refractivity contribution in [2.24, 2.45) is 0 Å². The van der Waals surface area contributed by atoms with Gasteiger partial charge in [0.25, 0.3) is 0 Å². The second-order valence-electron chi connectivity index (χ2n) is 4.58. The molecule has 0 saturated carbocycles. The second-order valence-corrected chi connectivity index (χ2v) is 4.58. The number of rotatable bonds is 4. The van der Waals surface area contributed by atoms with Crippen molar-refractivity contribution < 1.29 is 4.79 Å². The van der Waals surface area contributed by atoms with E-state index in [1.165, 1.54) is 5.56 Å². The molecule has 0 radical (unpaired) electrons. The maximum atomic E-state index is 11.1. The summed E-state index contributed by atoms with van der Waals surface area (Å²) in [5.41, 5.74) is 1.33. The number of amides is 1. The molecule has 0 aliphatic carbocycles. The molecule has 2 atom stereocenters. The van der Waals surface area contributed by atoms with Crippen molar-refractivity contribution in [3.8, 4) is 0 Å². The average molecular weight is 232 g/mol. The van der Waals surface area contributed by atoms with Crippen LogP contribution < -0.4 is 10.6 Å². The van der Waals surface area contributed by atoms with E-state index in [0.717, 1.165) is 19.4 Å². The van der Waals surface area contributed by atoms with Gasteiger partial charge in [-0.3, -0.25) is 4.79 Å². The highest BCUT2D eigenvalue weighted by molar-refractivity contribution is 5.76. The van der Waals surface area contributed by atoms with Crippen LogP contribution in [-0.2, 0) is 4.79 Å². The molecule has 2 rings (SSSR count). The van der Waals surface area contributed by atoms with Gasteiger partial charge in [0.1, 0.15) is 0 Å². The normalized spacial score (nSPS) is 21.9. The van der Waals surface area contributed by atoms with E-state index >= 15 is 0 Å². The summed E-state index contributed by atoms with van der Waals surface area (Å²) in [4.78, 5) is 11.1. The molecule has 1 heterocycles. The van der Waals surface area contributed by atoms with E-state index in [1.54, 1.807) is 0 Å². The van der Waals surface area contributed by atoms with Crippen molar-refractivity contribution in [1.82, 2.24) is 10.6 Å². The van der Waals surface area contributed by atoms with Gasteiger partial charge < -0.3 is 10.6 Å². The lowest BCUT2D eigenvalue weighted by Crippen LogP contribution is -2.46. The Labute approximate surface area is 103 Å². The number of nitrogens with one attached hydrogen (secondary N) is 2. The third-order valence-electron chi connectivity index (χ3n) is 3.31. The number of carbonyl (C=O) groups is 1. The van der Waals surface area contributed by atoms with E-state index in [1.807, 2.05) is 6.07 Å². The van der Waals surface area contributed by atoms with Gasteiger partial charge in [0.15, 0.2) is 0 Å². The van der Waals surface area contributed by atoms with Crippen molar-refractivity contribution in [1.29, 1.82) is 0 Å². The van der Waals surface area contributed by atoms with Crippen LogP contribution in [0.1, 0.15) is 37.8 Å². The summed E-state index contributed by atoms with van der Waals surface area (Å²) in [5, 5.41) is 6.54. The van der Waals surface area contributed by atoms with Crippen LogP contribution in [0, 0.1) is 0 Å². The van der Waals surface area contributed by atoms with Gasteiger partial charge in [0, 0.05) is 25.0 Å². The van der Waals surface area contributed by atoms with Gasteiger partial charge in [-0.25, -0.2) is 0 Å². The second kappa shape index (κ2) is 5.82. The molecule has 92 valence electrons. The zero-order valence-corrected chi connectivity index (χ0v) is 10.3. The van der Waals surface area contributed by atoms with Gasteiger partial charge in [-0.05, 0) is 18.4 Å². The Morgan fingerprint density at radius 2 is 2.18 bits per heavy atom. The first-order chi connectivity index (χ1) is 8.29. The van der Waals surface area contributed by atoms with E-state index in [9.17, 15) is 4.79 Å². The molecule has 1 amide bonds. The van der Waals surface area contributed by atoms with Gasteiger partial charge in [0.05, 0.1) is 0 Å². The van der Waals surface area contributed by atoms with E-state index in [0.29, 0.717) is 18.5 Å². The number of benzene rings is 1. The summed E-state index contributed by atoms with van der Waals surface area (Å²) in [6, 6.07) is 11.3. The SMILES string of the molecule is CCC(NC1CCC(=O)NC1)c1ccccc1. The van der Waals surface area contributed by atoms with Gasteiger partial charge in [-0.2, -0.15) is 0 Å². The molecule has 1 aliphatic rings. The molecular weight excluding hydrogens is 212 g/mol. The Hall–Kier alpha value is -1.35. The van der Waals surface area contributed by atoms with Crippen LogP contribution >= 0.6 is 0 Å². The summed E-state index contributed by atoms with van der Waals surface area (Å²) in [7, 11) is 0. The van der Waals surface area contributed by atoms with Gasteiger partial charge in [-0.15, -0.1) is 0 Å². The Kier molecular flexibility index (Phi) is 4.15. The maximum Gasteiger partial charge on any atom is 0.220 e. The monoisotopic (exact) mass is 232 g/mol. The van der Waals surface area contributed by atoms with Crippen LogP contribution in [0.5, 0.6) is 0 Å². The predicted octanol–water partition coefficient (Wildman–Crippen LogP) is 2.01. The smallest absolute Gasteiger partial charge is 0.220 e. The molecule has 1 aromatic rings. The fourth-order valence-corrected chi connectivity index (χ4v) is 2.29. The minimum absolute atomic E-state index is 0.177. The lowest BCUT2D eigenvalue weighted by Gasteiger charge is -2.28. The largest absolute Gasteiger partial charge is 0.355 e. The zero-order chi connectivity index (χ0) is 12.1. The van der Waals surface area contributed by atoms with Gasteiger partial charge >= 0.3 is 0 Å². The van der Waals surface area contributed by atoms with E-state index < -0.39 is 0 Å². The number of carbonyl (C=O) groups excluding carboxylic acids is 1. The van der Waals surface area contributed by atoms with Gasteiger partial charge in [-0.1, -0.05) is 37.3 Å². The van der Waals surface area contributed by atoms with Crippen molar-refractivity contribution >= 4 is 5.91 Å². The first kappa shape index (κ1) is 12.1. The van der Waals surface area contributed by atoms with Crippen molar-refractivity contribution in [3.63, 3.8) is 0 Å². The summed E-state index contributed by atoms with van der Waals surface area (Å²) in [6.07, 6.45) is 2.65. The van der Waals surface area contributed by atoms with Crippen LogP contribution in [0.4, 0.5) is 0 Å². The van der Waals surface area contributed by atoms with Crippen LogP contribution in [0.25, 0.3) is 0 Å². The number of piperidine rings is 1. The zero-order valence-electron chi connectivity index (χ0n) is 10.3. The van der Waals surface area contributed by atoms with Crippen LogP contribution in [-0.4, -0.2) is 18.5 Å². The van der Waals surface area contributed by atoms with Crippen molar-refractivity contribution in [2.75, 3.05) is 6.54 Å². The molecule has 1 saturated heterocycles. The summed E-state index contributed by atoms with van der Waals surface area (Å²) in [5.74, 6) is 0.177. The van der Waals surface area contributed by atoms with E-state index in [-0.39, 0.29) is 5.91 Å². The predicted molar refractivity (Wildman–Crippen MR) is 68.6 cm³/mol. The fourth-order valence-electron chi connectivity index (χ4n) is 2.29. The molecule has 3 heteroatoms. The molecule has 1 aromatic carbocycles. The highest BCUT2D eigenvalue weighted by Crippen LogP contribution is 2.18. The van der Waals surface area contributed by atoms with Gasteiger partial charge in [0.2, 0.25) is 5.91 Å². The van der Waals surface area contributed by atoms with Crippen LogP contribution in [0.2, 0.25) is 0 Å². The summed E-state index contributed by atoms with van der Waals surface area (Å²) < 4.78 is 0. The molecule has 2 unspecified atom stereocenters. The fraction of sp³-hybridized carbons (Fsp3) is 0.500. The Bertz CT molecular complexity index is 354. The molecule has 1 fully saturated rings. The molecule has 0 aromatic heterocycles. The van der Waals surface area contributed by atoms with Crippen LogP contribution in [0.15, 0.2) is 30.3 Å². The third kappa shape index (κ3) is 3.30. The Morgan fingerprint density at radius 1 is 1.41 bits per heavy atom. The molecule has 0 spiro atoms. The Morgan fingerprint density at radius 3 is 2.76 bits per heavy atom. The van der Waals surface area contributed by atoms with Crippen molar-refractivity contribution in [2.45, 2.75) is 38.3 Å². The quantitative estimate of drug-likeness (QED) is 0.833. The summed E-state index contributed by atoms with van der Waals surface area (Å²) >= 11 is 0. The number of hydrogen-bond donors (Lipinski definition) is 2. The Balaban J connectivity index is 1.94. The first-order valence-electron chi connectivity index (χ1n) is 6.37. The summed E-state index contributed by atoms with van der Waals surface area (Å²) in [6.45, 7) is 2.94.